The first kappa shape index (κ1) is 14.3. The van der Waals surface area contributed by atoms with Crippen LogP contribution < -0.4 is 0 Å². The van der Waals surface area contributed by atoms with Crippen molar-refractivity contribution in [3.8, 4) is 0 Å². The molecule has 2 aliphatic rings. The molecule has 0 aromatic carbocycles. The van der Waals surface area contributed by atoms with E-state index < -0.39 is 0 Å². The Balaban J connectivity index is 2.13. The van der Waals surface area contributed by atoms with Gasteiger partial charge in [0.25, 0.3) is 0 Å². The maximum Gasteiger partial charge on any atom is 0.0734 e. The predicted molar refractivity (Wildman–Crippen MR) is 78.8 cm³/mol. The topological polar surface area (TPSA) is 6.48 Å². The molecule has 0 aromatic rings. The molecule has 0 spiro atoms. The van der Waals surface area contributed by atoms with Crippen molar-refractivity contribution in [3.63, 3.8) is 0 Å². The fourth-order valence-electron chi connectivity index (χ4n) is 4.16. The van der Waals surface area contributed by atoms with Crippen LogP contribution in [0.15, 0.2) is 0 Å². The van der Waals surface area contributed by atoms with Gasteiger partial charge in [0.2, 0.25) is 0 Å². The highest BCUT2D eigenvalue weighted by molar-refractivity contribution is 4.92. The van der Waals surface area contributed by atoms with Gasteiger partial charge in [0.15, 0.2) is 0 Å². The summed E-state index contributed by atoms with van der Waals surface area (Å²) in [7, 11) is 0. The van der Waals surface area contributed by atoms with Crippen LogP contribution in [0.25, 0.3) is 0 Å². The summed E-state index contributed by atoms with van der Waals surface area (Å²) in [6.07, 6.45) is 12.5. The largest absolute Gasteiger partial charge is 0.285 e. The Morgan fingerprint density at radius 1 is 0.722 bits per heavy atom. The molecule has 2 aliphatic heterocycles. The van der Waals surface area contributed by atoms with Gasteiger partial charge in [-0.1, -0.05) is 33.1 Å². The van der Waals surface area contributed by atoms with Crippen molar-refractivity contribution < 1.29 is 0 Å². The summed E-state index contributed by atoms with van der Waals surface area (Å²) < 4.78 is 0. The van der Waals surface area contributed by atoms with E-state index in [-0.39, 0.29) is 0 Å². The summed E-state index contributed by atoms with van der Waals surface area (Å²) in [5.74, 6) is 0. The molecule has 0 saturated carbocycles. The van der Waals surface area contributed by atoms with Crippen molar-refractivity contribution >= 4 is 0 Å². The molecule has 2 rings (SSSR count). The lowest BCUT2D eigenvalue weighted by molar-refractivity contribution is -0.0865. The standard InChI is InChI=1S/C16H32N2/c1-3-11-16(4-2,17-12-7-5-8-13-17)18-14-9-6-10-15-18/h3-15H2,1-2H3. The van der Waals surface area contributed by atoms with Crippen LogP contribution in [0.1, 0.15) is 71.6 Å². The number of likely N-dealkylation sites (tertiary alicyclic amines) is 2. The van der Waals surface area contributed by atoms with E-state index in [9.17, 15) is 0 Å². The van der Waals surface area contributed by atoms with Crippen molar-refractivity contribution in [3.05, 3.63) is 0 Å². The Hall–Kier alpha value is -0.0800. The Morgan fingerprint density at radius 3 is 1.50 bits per heavy atom. The minimum atomic E-state index is 0.398. The van der Waals surface area contributed by atoms with Crippen LogP contribution in [0.4, 0.5) is 0 Å². The van der Waals surface area contributed by atoms with Crippen LogP contribution in [0.3, 0.4) is 0 Å². The summed E-state index contributed by atoms with van der Waals surface area (Å²) in [4.78, 5) is 5.68. The molecular formula is C16H32N2. The molecule has 0 N–H and O–H groups in total. The second-order valence-electron chi connectivity index (χ2n) is 6.18. The maximum absolute atomic E-state index is 2.84. The fraction of sp³-hybridized carbons (Fsp3) is 1.00. The number of nitrogens with zero attached hydrogens (tertiary/aromatic N) is 2. The molecule has 0 unspecified atom stereocenters. The van der Waals surface area contributed by atoms with Gasteiger partial charge in [0.05, 0.1) is 5.66 Å². The average Bonchev–Trinajstić information content (AvgIpc) is 2.47. The molecular weight excluding hydrogens is 220 g/mol. The van der Waals surface area contributed by atoms with Crippen LogP contribution in [-0.4, -0.2) is 41.6 Å². The third kappa shape index (κ3) is 2.91. The Kier molecular flexibility index (Phi) is 5.50. The van der Waals surface area contributed by atoms with Gasteiger partial charge in [0, 0.05) is 0 Å². The molecule has 2 heterocycles. The van der Waals surface area contributed by atoms with E-state index >= 15 is 0 Å². The first-order valence-electron chi connectivity index (χ1n) is 8.33. The number of rotatable bonds is 5. The Bertz CT molecular complexity index is 209. The number of hydrogen-bond donors (Lipinski definition) is 0. The van der Waals surface area contributed by atoms with Gasteiger partial charge in [0.1, 0.15) is 0 Å². The first-order chi connectivity index (χ1) is 8.83. The zero-order chi connectivity index (χ0) is 12.8. The minimum Gasteiger partial charge on any atom is -0.285 e. The second kappa shape index (κ2) is 6.91. The highest BCUT2D eigenvalue weighted by atomic mass is 15.4. The summed E-state index contributed by atoms with van der Waals surface area (Å²) in [5, 5.41) is 0. The molecule has 18 heavy (non-hydrogen) atoms. The molecule has 0 aliphatic carbocycles. The van der Waals surface area contributed by atoms with Gasteiger partial charge < -0.3 is 0 Å². The van der Waals surface area contributed by atoms with Crippen molar-refractivity contribution in [1.29, 1.82) is 0 Å². The van der Waals surface area contributed by atoms with Gasteiger partial charge >= 0.3 is 0 Å². The van der Waals surface area contributed by atoms with Gasteiger partial charge in [-0.2, -0.15) is 0 Å². The average molecular weight is 252 g/mol. The Labute approximate surface area is 114 Å². The molecule has 0 bridgehead atoms. The predicted octanol–water partition coefficient (Wildman–Crippen LogP) is 3.86. The summed E-state index contributed by atoms with van der Waals surface area (Å²) >= 11 is 0. The zero-order valence-electron chi connectivity index (χ0n) is 12.6. The molecule has 2 heteroatoms. The van der Waals surface area contributed by atoms with Gasteiger partial charge in [-0.3, -0.25) is 9.80 Å². The quantitative estimate of drug-likeness (QED) is 0.733. The third-order valence-electron chi connectivity index (χ3n) is 5.11. The first-order valence-corrected chi connectivity index (χ1v) is 8.33. The van der Waals surface area contributed by atoms with Crippen molar-refractivity contribution in [1.82, 2.24) is 9.80 Å². The molecule has 0 aromatic heterocycles. The molecule has 0 radical (unpaired) electrons. The lowest BCUT2D eigenvalue weighted by Gasteiger charge is -2.53. The van der Waals surface area contributed by atoms with Crippen LogP contribution in [0.5, 0.6) is 0 Å². The molecule has 2 nitrogen and oxygen atoms in total. The van der Waals surface area contributed by atoms with Gasteiger partial charge in [-0.15, -0.1) is 0 Å². The zero-order valence-corrected chi connectivity index (χ0v) is 12.6. The smallest absolute Gasteiger partial charge is 0.0734 e. The van der Waals surface area contributed by atoms with E-state index in [1.54, 1.807) is 0 Å². The molecule has 2 saturated heterocycles. The number of hydrogen-bond acceptors (Lipinski definition) is 2. The molecule has 106 valence electrons. The highest BCUT2D eigenvalue weighted by Gasteiger charge is 2.40. The molecule has 0 amide bonds. The van der Waals surface area contributed by atoms with E-state index in [0.717, 1.165) is 0 Å². The van der Waals surface area contributed by atoms with Crippen molar-refractivity contribution in [2.24, 2.45) is 0 Å². The van der Waals surface area contributed by atoms with E-state index in [1.165, 1.54) is 84.0 Å². The van der Waals surface area contributed by atoms with E-state index in [0.29, 0.717) is 5.66 Å². The third-order valence-corrected chi connectivity index (χ3v) is 5.11. The highest BCUT2D eigenvalue weighted by Crippen LogP contribution is 2.34. The van der Waals surface area contributed by atoms with Crippen LogP contribution >= 0.6 is 0 Å². The van der Waals surface area contributed by atoms with Crippen molar-refractivity contribution in [2.75, 3.05) is 26.2 Å². The lowest BCUT2D eigenvalue weighted by atomic mass is 9.91. The summed E-state index contributed by atoms with van der Waals surface area (Å²) in [5.41, 5.74) is 0.398. The minimum absolute atomic E-state index is 0.398. The Morgan fingerprint density at radius 2 is 1.17 bits per heavy atom. The maximum atomic E-state index is 2.84. The molecule has 0 atom stereocenters. The molecule has 2 fully saturated rings. The monoisotopic (exact) mass is 252 g/mol. The van der Waals surface area contributed by atoms with Crippen molar-refractivity contribution in [2.45, 2.75) is 77.3 Å². The van der Waals surface area contributed by atoms with Gasteiger partial charge in [-0.05, 0) is 64.7 Å². The fourth-order valence-corrected chi connectivity index (χ4v) is 4.16. The lowest BCUT2D eigenvalue weighted by Crippen LogP contribution is -2.62. The van der Waals surface area contributed by atoms with E-state index in [1.807, 2.05) is 0 Å². The van der Waals surface area contributed by atoms with Crippen LogP contribution in [-0.2, 0) is 0 Å². The second-order valence-corrected chi connectivity index (χ2v) is 6.18. The SMILES string of the molecule is CCCC(CC)(N1CCCCC1)N1CCCCC1. The normalized spacial score (nSPS) is 24.3. The summed E-state index contributed by atoms with van der Waals surface area (Å²) in [6.45, 7) is 10.1. The van der Waals surface area contributed by atoms with Crippen LogP contribution in [0, 0.1) is 0 Å². The van der Waals surface area contributed by atoms with Crippen LogP contribution in [0.2, 0.25) is 0 Å². The van der Waals surface area contributed by atoms with Gasteiger partial charge in [-0.25, -0.2) is 0 Å². The van der Waals surface area contributed by atoms with E-state index in [2.05, 4.69) is 23.6 Å². The number of piperidine rings is 2. The van der Waals surface area contributed by atoms with E-state index in [4.69, 9.17) is 0 Å². The summed E-state index contributed by atoms with van der Waals surface area (Å²) in [6, 6.07) is 0.